The first kappa shape index (κ1) is 17.7. The van der Waals surface area contributed by atoms with Crippen molar-refractivity contribution >= 4 is 23.9 Å². The number of pyridine rings is 1. The topological polar surface area (TPSA) is 31.4 Å². The first-order valence-corrected chi connectivity index (χ1v) is 7.92. The summed E-state index contributed by atoms with van der Waals surface area (Å²) in [7, 11) is 2.05. The van der Waals surface area contributed by atoms with Crippen molar-refractivity contribution < 1.29 is 0 Å². The number of piperazine rings is 1. The molecule has 1 N–H and O–H groups in total. The lowest BCUT2D eigenvalue weighted by molar-refractivity contribution is 0.199. The fourth-order valence-corrected chi connectivity index (χ4v) is 2.91. The predicted octanol–water partition coefficient (Wildman–Crippen LogP) is 3.07. The van der Waals surface area contributed by atoms with Crippen LogP contribution >= 0.6 is 12.4 Å². The average Bonchev–Trinajstić information content (AvgIpc) is 2.56. The van der Waals surface area contributed by atoms with E-state index in [-0.39, 0.29) is 12.4 Å². The van der Waals surface area contributed by atoms with Gasteiger partial charge >= 0.3 is 0 Å². The zero-order valence-corrected chi connectivity index (χ0v) is 14.6. The Hall–Kier alpha value is -1.62. The maximum absolute atomic E-state index is 4.62. The molecule has 1 saturated heterocycles. The standard InChI is InChI=1S/C18H24N4.ClH/c1-15-13-22(11-10-19-15)14-16-8-9-18(20-12-16)21(2)17-6-4-3-5-7-17;/h3-9,12,15,19H,10-11,13-14H2,1-2H3;1H. The molecular weight excluding hydrogens is 308 g/mol. The third kappa shape index (κ3) is 4.67. The molecule has 0 radical (unpaired) electrons. The van der Waals surface area contributed by atoms with Gasteiger partial charge in [0.25, 0.3) is 0 Å². The van der Waals surface area contributed by atoms with Crippen molar-refractivity contribution in [3.63, 3.8) is 0 Å². The maximum atomic E-state index is 4.62. The number of nitrogens with one attached hydrogen (secondary N) is 1. The lowest BCUT2D eigenvalue weighted by Crippen LogP contribution is -2.48. The van der Waals surface area contributed by atoms with E-state index in [9.17, 15) is 0 Å². The van der Waals surface area contributed by atoms with Crippen LogP contribution in [0.1, 0.15) is 12.5 Å². The summed E-state index contributed by atoms with van der Waals surface area (Å²) in [4.78, 5) is 9.22. The molecule has 0 saturated carbocycles. The van der Waals surface area contributed by atoms with E-state index < -0.39 is 0 Å². The molecule has 2 heterocycles. The fourth-order valence-electron chi connectivity index (χ4n) is 2.91. The largest absolute Gasteiger partial charge is 0.329 e. The second-order valence-electron chi connectivity index (χ2n) is 6.01. The molecule has 1 aliphatic heterocycles. The normalized spacial score (nSPS) is 18.3. The number of halogens is 1. The maximum Gasteiger partial charge on any atom is 0.132 e. The molecule has 1 aromatic carbocycles. The minimum absolute atomic E-state index is 0. The van der Waals surface area contributed by atoms with Crippen molar-refractivity contribution in [3.05, 3.63) is 54.2 Å². The van der Waals surface area contributed by atoms with Gasteiger partial charge in [0.05, 0.1) is 0 Å². The van der Waals surface area contributed by atoms with E-state index in [2.05, 4.69) is 58.3 Å². The molecule has 0 spiro atoms. The highest BCUT2D eigenvalue weighted by atomic mass is 35.5. The van der Waals surface area contributed by atoms with Gasteiger partial charge in [0.2, 0.25) is 0 Å². The number of hydrogen-bond acceptors (Lipinski definition) is 4. The average molecular weight is 333 g/mol. The summed E-state index contributed by atoms with van der Waals surface area (Å²) in [6.07, 6.45) is 2.00. The molecule has 1 unspecified atom stereocenters. The van der Waals surface area contributed by atoms with Gasteiger partial charge in [0, 0.05) is 51.2 Å². The Labute approximate surface area is 144 Å². The summed E-state index contributed by atoms with van der Waals surface area (Å²) in [5.41, 5.74) is 2.43. The van der Waals surface area contributed by atoms with Crippen molar-refractivity contribution in [3.8, 4) is 0 Å². The first-order chi connectivity index (χ1) is 10.7. The van der Waals surface area contributed by atoms with Gasteiger partial charge in [-0.1, -0.05) is 24.3 Å². The van der Waals surface area contributed by atoms with Crippen LogP contribution in [-0.2, 0) is 6.54 Å². The molecule has 3 rings (SSSR count). The van der Waals surface area contributed by atoms with Crippen molar-refractivity contribution in [1.82, 2.24) is 15.2 Å². The Kier molecular flexibility index (Phi) is 6.39. The summed E-state index contributed by atoms with van der Waals surface area (Å²) < 4.78 is 0. The summed E-state index contributed by atoms with van der Waals surface area (Å²) >= 11 is 0. The van der Waals surface area contributed by atoms with Crippen LogP contribution in [0.2, 0.25) is 0 Å². The zero-order valence-electron chi connectivity index (χ0n) is 13.8. The third-order valence-corrected chi connectivity index (χ3v) is 4.16. The third-order valence-electron chi connectivity index (χ3n) is 4.16. The second kappa shape index (κ2) is 8.29. The minimum atomic E-state index is 0. The predicted molar refractivity (Wildman–Crippen MR) is 98.7 cm³/mol. The lowest BCUT2D eigenvalue weighted by atomic mass is 10.2. The fraction of sp³-hybridized carbons (Fsp3) is 0.389. The van der Waals surface area contributed by atoms with Crippen LogP contribution in [0.25, 0.3) is 0 Å². The van der Waals surface area contributed by atoms with Gasteiger partial charge in [-0.2, -0.15) is 0 Å². The van der Waals surface area contributed by atoms with Crippen molar-refractivity contribution in [2.75, 3.05) is 31.6 Å². The van der Waals surface area contributed by atoms with Gasteiger partial charge in [-0.05, 0) is 30.7 Å². The number of anilines is 2. The molecule has 1 atom stereocenters. The SMILES string of the molecule is CC1CN(Cc2ccc(N(C)c3ccccc3)nc2)CCN1.Cl. The van der Waals surface area contributed by atoms with Gasteiger partial charge in [0.1, 0.15) is 5.82 Å². The Morgan fingerprint density at radius 2 is 2.00 bits per heavy atom. The highest BCUT2D eigenvalue weighted by Crippen LogP contribution is 2.21. The van der Waals surface area contributed by atoms with Crippen LogP contribution < -0.4 is 10.2 Å². The number of para-hydroxylation sites is 1. The van der Waals surface area contributed by atoms with E-state index in [4.69, 9.17) is 0 Å². The van der Waals surface area contributed by atoms with Gasteiger partial charge in [-0.25, -0.2) is 4.98 Å². The molecule has 2 aromatic rings. The molecule has 0 aliphatic carbocycles. The quantitative estimate of drug-likeness (QED) is 0.932. The van der Waals surface area contributed by atoms with Crippen molar-refractivity contribution in [2.45, 2.75) is 19.5 Å². The van der Waals surface area contributed by atoms with Gasteiger partial charge in [-0.3, -0.25) is 4.90 Å². The van der Waals surface area contributed by atoms with Crippen molar-refractivity contribution in [1.29, 1.82) is 0 Å². The van der Waals surface area contributed by atoms with Gasteiger partial charge < -0.3 is 10.2 Å². The Morgan fingerprint density at radius 1 is 1.22 bits per heavy atom. The summed E-state index contributed by atoms with van der Waals surface area (Å²) in [5.74, 6) is 0.976. The molecule has 124 valence electrons. The lowest BCUT2D eigenvalue weighted by Gasteiger charge is -2.31. The zero-order chi connectivity index (χ0) is 15.4. The first-order valence-electron chi connectivity index (χ1n) is 7.92. The number of nitrogens with zero attached hydrogens (tertiary/aromatic N) is 3. The number of aromatic nitrogens is 1. The molecular formula is C18H25ClN4. The molecule has 1 fully saturated rings. The van der Waals surface area contributed by atoms with Crippen LogP contribution in [0, 0.1) is 0 Å². The van der Waals surface area contributed by atoms with E-state index in [1.54, 1.807) is 0 Å². The highest BCUT2D eigenvalue weighted by molar-refractivity contribution is 5.85. The van der Waals surface area contributed by atoms with Gasteiger partial charge in [-0.15, -0.1) is 12.4 Å². The van der Waals surface area contributed by atoms with Crippen LogP contribution in [0.15, 0.2) is 48.7 Å². The second-order valence-corrected chi connectivity index (χ2v) is 6.01. The van der Waals surface area contributed by atoms with E-state index >= 15 is 0 Å². The van der Waals surface area contributed by atoms with Crippen LogP contribution in [0.4, 0.5) is 11.5 Å². The van der Waals surface area contributed by atoms with E-state index in [0.29, 0.717) is 6.04 Å². The number of benzene rings is 1. The smallest absolute Gasteiger partial charge is 0.132 e. The van der Waals surface area contributed by atoms with E-state index in [0.717, 1.165) is 37.7 Å². The summed E-state index contributed by atoms with van der Waals surface area (Å²) in [6.45, 7) is 6.50. The summed E-state index contributed by atoms with van der Waals surface area (Å²) in [5, 5.41) is 3.48. The molecule has 1 aliphatic rings. The minimum Gasteiger partial charge on any atom is -0.329 e. The van der Waals surface area contributed by atoms with E-state index in [1.165, 1.54) is 5.56 Å². The Balaban J connectivity index is 0.00000192. The van der Waals surface area contributed by atoms with E-state index in [1.807, 2.05) is 24.4 Å². The molecule has 0 amide bonds. The van der Waals surface area contributed by atoms with Crippen molar-refractivity contribution in [2.24, 2.45) is 0 Å². The number of hydrogen-bond donors (Lipinski definition) is 1. The van der Waals surface area contributed by atoms with Crippen LogP contribution in [0.3, 0.4) is 0 Å². The van der Waals surface area contributed by atoms with Crippen LogP contribution in [0.5, 0.6) is 0 Å². The molecule has 1 aromatic heterocycles. The monoisotopic (exact) mass is 332 g/mol. The Bertz CT molecular complexity index is 588. The molecule has 4 nitrogen and oxygen atoms in total. The number of rotatable bonds is 4. The van der Waals surface area contributed by atoms with Gasteiger partial charge in [0.15, 0.2) is 0 Å². The Morgan fingerprint density at radius 3 is 2.65 bits per heavy atom. The molecule has 23 heavy (non-hydrogen) atoms. The molecule has 5 heteroatoms. The summed E-state index contributed by atoms with van der Waals surface area (Å²) in [6, 6.07) is 15.2. The van der Waals surface area contributed by atoms with Crippen LogP contribution in [-0.4, -0.2) is 42.6 Å². The molecule has 0 bridgehead atoms. The highest BCUT2D eigenvalue weighted by Gasteiger charge is 2.15.